The Morgan fingerprint density at radius 1 is 1.32 bits per heavy atom. The number of halogens is 1. The first kappa shape index (κ1) is 12.9. The first-order chi connectivity index (χ1) is 9.15. The molecule has 2 heterocycles. The van der Waals surface area contributed by atoms with Crippen LogP contribution in [0.15, 0.2) is 24.4 Å². The van der Waals surface area contributed by atoms with Crippen molar-refractivity contribution < 1.29 is 0 Å². The Bertz CT molecular complexity index is 609. The summed E-state index contributed by atoms with van der Waals surface area (Å²) in [6.45, 7) is 6.56. The van der Waals surface area contributed by atoms with Gasteiger partial charge >= 0.3 is 0 Å². The Hall–Kier alpha value is -1.12. The van der Waals surface area contributed by atoms with Crippen LogP contribution < -0.4 is 5.32 Å². The van der Waals surface area contributed by atoms with Gasteiger partial charge in [-0.1, -0.05) is 24.6 Å². The molecule has 2 atom stereocenters. The van der Waals surface area contributed by atoms with Gasteiger partial charge in [-0.3, -0.25) is 4.98 Å². The summed E-state index contributed by atoms with van der Waals surface area (Å²) in [7, 11) is 0. The quantitative estimate of drug-likeness (QED) is 0.853. The van der Waals surface area contributed by atoms with Crippen molar-refractivity contribution in [1.82, 2.24) is 10.3 Å². The Morgan fingerprint density at radius 2 is 2.16 bits per heavy atom. The van der Waals surface area contributed by atoms with Crippen LogP contribution in [0.4, 0.5) is 0 Å². The lowest BCUT2D eigenvalue weighted by Crippen LogP contribution is -2.33. The summed E-state index contributed by atoms with van der Waals surface area (Å²) in [6, 6.07) is 6.37. The van der Waals surface area contributed by atoms with Crippen molar-refractivity contribution in [3.05, 3.63) is 40.5 Å². The lowest BCUT2D eigenvalue weighted by Gasteiger charge is -2.29. The zero-order chi connectivity index (χ0) is 13.4. The van der Waals surface area contributed by atoms with Gasteiger partial charge in [0.25, 0.3) is 0 Å². The molecule has 0 saturated carbocycles. The van der Waals surface area contributed by atoms with Crippen LogP contribution in [-0.2, 0) is 0 Å². The van der Waals surface area contributed by atoms with Crippen LogP contribution in [0.25, 0.3) is 10.9 Å². The third-order valence-electron chi connectivity index (χ3n) is 3.98. The molecule has 0 aliphatic carbocycles. The number of benzene rings is 1. The molecule has 1 N–H and O–H groups in total. The zero-order valence-electron chi connectivity index (χ0n) is 11.4. The Kier molecular flexibility index (Phi) is 3.46. The van der Waals surface area contributed by atoms with Gasteiger partial charge in [-0.2, -0.15) is 0 Å². The predicted molar refractivity (Wildman–Crippen MR) is 80.9 cm³/mol. The molecule has 1 aromatic heterocycles. The molecule has 2 nitrogen and oxygen atoms in total. The van der Waals surface area contributed by atoms with Crippen LogP contribution in [0.2, 0.25) is 5.02 Å². The van der Waals surface area contributed by atoms with Crippen LogP contribution in [0.1, 0.15) is 30.4 Å². The number of fused-ring (bicyclic) bond motifs is 1. The van der Waals surface area contributed by atoms with E-state index >= 15 is 0 Å². The second-order valence-corrected chi connectivity index (χ2v) is 6.15. The van der Waals surface area contributed by atoms with Crippen LogP contribution in [0, 0.1) is 12.8 Å². The highest BCUT2D eigenvalue weighted by Crippen LogP contribution is 2.34. The fraction of sp³-hybridized carbons (Fsp3) is 0.438. The molecule has 1 aliphatic heterocycles. The van der Waals surface area contributed by atoms with Crippen LogP contribution >= 0.6 is 11.6 Å². The summed E-state index contributed by atoms with van der Waals surface area (Å²) in [5.74, 6) is 1.29. The topological polar surface area (TPSA) is 24.9 Å². The van der Waals surface area contributed by atoms with Crippen LogP contribution in [0.5, 0.6) is 0 Å². The SMILES string of the molecule is Cc1cnc2c(Cl)ccc(C3CNCC(C)C3)c2c1. The molecule has 3 rings (SSSR count). The molecule has 2 unspecified atom stereocenters. The molecule has 1 saturated heterocycles. The van der Waals surface area contributed by atoms with Gasteiger partial charge in [0.15, 0.2) is 0 Å². The second-order valence-electron chi connectivity index (χ2n) is 5.74. The van der Waals surface area contributed by atoms with Gasteiger partial charge in [-0.05, 0) is 55.0 Å². The van der Waals surface area contributed by atoms with E-state index in [1.165, 1.54) is 22.9 Å². The van der Waals surface area contributed by atoms with Gasteiger partial charge in [-0.25, -0.2) is 0 Å². The minimum absolute atomic E-state index is 0.562. The highest BCUT2D eigenvalue weighted by atomic mass is 35.5. The van der Waals surface area contributed by atoms with E-state index in [0.29, 0.717) is 5.92 Å². The maximum Gasteiger partial charge on any atom is 0.0891 e. The normalized spacial score (nSPS) is 23.7. The molecular weight excluding hydrogens is 256 g/mol. The number of rotatable bonds is 1. The minimum Gasteiger partial charge on any atom is -0.316 e. The predicted octanol–water partition coefficient (Wildman–Crippen LogP) is 3.91. The van der Waals surface area contributed by atoms with E-state index in [2.05, 4.69) is 36.3 Å². The third kappa shape index (κ3) is 2.47. The Morgan fingerprint density at radius 3 is 2.95 bits per heavy atom. The van der Waals surface area contributed by atoms with E-state index in [1.807, 2.05) is 12.3 Å². The molecule has 0 amide bonds. The van der Waals surface area contributed by atoms with E-state index in [1.54, 1.807) is 0 Å². The van der Waals surface area contributed by atoms with Crippen molar-refractivity contribution >= 4 is 22.5 Å². The molecule has 0 bridgehead atoms. The number of hydrogen-bond donors (Lipinski definition) is 1. The molecule has 100 valence electrons. The monoisotopic (exact) mass is 274 g/mol. The molecule has 0 spiro atoms. The fourth-order valence-electron chi connectivity index (χ4n) is 3.06. The van der Waals surface area contributed by atoms with Crippen molar-refractivity contribution in [2.45, 2.75) is 26.2 Å². The first-order valence-electron chi connectivity index (χ1n) is 6.90. The zero-order valence-corrected chi connectivity index (χ0v) is 12.2. The number of nitrogens with one attached hydrogen (secondary N) is 1. The summed E-state index contributed by atoms with van der Waals surface area (Å²) in [4.78, 5) is 4.50. The molecule has 1 aliphatic rings. The summed E-state index contributed by atoms with van der Waals surface area (Å²) in [5.41, 5.74) is 3.51. The van der Waals surface area contributed by atoms with Crippen molar-refractivity contribution in [3.8, 4) is 0 Å². The fourth-order valence-corrected chi connectivity index (χ4v) is 3.27. The highest BCUT2D eigenvalue weighted by Gasteiger charge is 2.22. The van der Waals surface area contributed by atoms with E-state index in [-0.39, 0.29) is 0 Å². The summed E-state index contributed by atoms with van der Waals surface area (Å²) in [6.07, 6.45) is 3.12. The van der Waals surface area contributed by atoms with Gasteiger partial charge in [0.05, 0.1) is 10.5 Å². The summed E-state index contributed by atoms with van der Waals surface area (Å²) < 4.78 is 0. The average molecular weight is 275 g/mol. The Balaban J connectivity index is 2.12. The number of pyridine rings is 1. The number of piperidine rings is 1. The van der Waals surface area contributed by atoms with Gasteiger partial charge in [-0.15, -0.1) is 0 Å². The minimum atomic E-state index is 0.562. The van der Waals surface area contributed by atoms with Gasteiger partial charge < -0.3 is 5.32 Å². The smallest absolute Gasteiger partial charge is 0.0891 e. The lowest BCUT2D eigenvalue weighted by molar-refractivity contribution is 0.365. The molecule has 19 heavy (non-hydrogen) atoms. The van der Waals surface area contributed by atoms with Gasteiger partial charge in [0.2, 0.25) is 0 Å². The molecule has 1 fully saturated rings. The van der Waals surface area contributed by atoms with Crippen molar-refractivity contribution in [2.24, 2.45) is 5.92 Å². The average Bonchev–Trinajstić information content (AvgIpc) is 2.39. The molecule has 3 heteroatoms. The molecule has 1 aromatic carbocycles. The van der Waals surface area contributed by atoms with Crippen molar-refractivity contribution in [3.63, 3.8) is 0 Å². The molecule has 0 radical (unpaired) electrons. The highest BCUT2D eigenvalue weighted by molar-refractivity contribution is 6.35. The maximum absolute atomic E-state index is 6.27. The van der Waals surface area contributed by atoms with Crippen LogP contribution in [0.3, 0.4) is 0 Å². The van der Waals surface area contributed by atoms with Gasteiger partial charge in [0, 0.05) is 18.1 Å². The second kappa shape index (κ2) is 5.10. The van der Waals surface area contributed by atoms with E-state index in [9.17, 15) is 0 Å². The van der Waals surface area contributed by atoms with E-state index < -0.39 is 0 Å². The number of aromatic nitrogens is 1. The maximum atomic E-state index is 6.27. The number of nitrogens with zero attached hydrogens (tertiary/aromatic N) is 1. The standard InChI is InChI=1S/C16H19ClN2/c1-10-5-12(9-18-7-10)13-3-4-15(17)16-14(13)6-11(2)8-19-16/h3-4,6,8,10,12,18H,5,7,9H2,1-2H3. The van der Waals surface area contributed by atoms with Crippen molar-refractivity contribution in [1.29, 1.82) is 0 Å². The first-order valence-corrected chi connectivity index (χ1v) is 7.28. The van der Waals surface area contributed by atoms with E-state index in [4.69, 9.17) is 11.6 Å². The summed E-state index contributed by atoms with van der Waals surface area (Å²) >= 11 is 6.27. The van der Waals surface area contributed by atoms with Crippen molar-refractivity contribution in [2.75, 3.05) is 13.1 Å². The van der Waals surface area contributed by atoms with E-state index in [0.717, 1.165) is 29.5 Å². The van der Waals surface area contributed by atoms with Gasteiger partial charge in [0.1, 0.15) is 0 Å². The summed E-state index contributed by atoms with van der Waals surface area (Å²) in [5, 5.41) is 5.49. The Labute approximate surface area is 119 Å². The van der Waals surface area contributed by atoms with Crippen LogP contribution in [-0.4, -0.2) is 18.1 Å². The third-order valence-corrected chi connectivity index (χ3v) is 4.29. The number of aryl methyl sites for hydroxylation is 1. The number of hydrogen-bond acceptors (Lipinski definition) is 2. The lowest BCUT2D eigenvalue weighted by atomic mass is 9.84. The molecule has 2 aromatic rings. The largest absolute Gasteiger partial charge is 0.316 e. The molecular formula is C16H19ClN2.